The highest BCUT2D eigenvalue weighted by Gasteiger charge is 2.23. The molecule has 144 valence electrons. The molecule has 1 aromatic rings. The Morgan fingerprint density at radius 3 is 2.50 bits per heavy atom. The lowest BCUT2D eigenvalue weighted by atomic mass is 10.1. The van der Waals surface area contributed by atoms with Gasteiger partial charge < -0.3 is 20.7 Å². The van der Waals surface area contributed by atoms with Crippen LogP contribution in [0.25, 0.3) is 0 Å². The third kappa shape index (κ3) is 7.33. The highest BCUT2D eigenvalue weighted by Crippen LogP contribution is 2.18. The number of nitrogens with one attached hydrogen (secondary N) is 3. The normalized spacial score (nSPS) is 15.5. The minimum atomic E-state index is -0.0460. The number of carbonyl (C=O) groups excluding carboxylic acids is 1. The van der Waals surface area contributed by atoms with Crippen molar-refractivity contribution in [3.05, 3.63) is 29.8 Å². The molecule has 26 heavy (non-hydrogen) atoms. The highest BCUT2D eigenvalue weighted by atomic mass is 16.5. The van der Waals surface area contributed by atoms with E-state index in [0.717, 1.165) is 37.5 Å². The molecule has 1 unspecified atom stereocenters. The van der Waals surface area contributed by atoms with E-state index < -0.39 is 0 Å². The van der Waals surface area contributed by atoms with Crippen molar-refractivity contribution in [1.29, 1.82) is 0 Å². The number of rotatable bonds is 9. The number of nitrogens with zero attached hydrogens (tertiary/aromatic N) is 1. The molecule has 1 aliphatic carbocycles. The Balaban J connectivity index is 1.68. The van der Waals surface area contributed by atoms with Gasteiger partial charge in [-0.1, -0.05) is 26.0 Å². The lowest BCUT2D eigenvalue weighted by Gasteiger charge is -2.20. The molecule has 1 aliphatic rings. The molecule has 0 bridgehead atoms. The topological polar surface area (TPSA) is 74.8 Å². The van der Waals surface area contributed by atoms with Crippen LogP contribution in [0.2, 0.25) is 0 Å². The summed E-state index contributed by atoms with van der Waals surface area (Å²) in [7, 11) is 1.79. The van der Waals surface area contributed by atoms with Crippen LogP contribution in [0.5, 0.6) is 5.75 Å². The van der Waals surface area contributed by atoms with Crippen LogP contribution in [0, 0.1) is 5.92 Å². The number of hydrogen-bond donors (Lipinski definition) is 3. The van der Waals surface area contributed by atoms with Crippen molar-refractivity contribution in [2.75, 3.05) is 20.2 Å². The summed E-state index contributed by atoms with van der Waals surface area (Å²) in [6.07, 6.45) is 3.06. The number of ether oxygens (including phenoxy) is 1. The SMILES string of the molecule is CN=C(NCCc1ccc(OCC(=O)NC2CC2)cc1)NC(C)C(C)C. The van der Waals surface area contributed by atoms with Gasteiger partial charge in [-0.25, -0.2) is 0 Å². The van der Waals surface area contributed by atoms with E-state index >= 15 is 0 Å². The fourth-order valence-electron chi connectivity index (χ4n) is 2.30. The van der Waals surface area contributed by atoms with Gasteiger partial charge in [0.05, 0.1) is 0 Å². The lowest BCUT2D eigenvalue weighted by Crippen LogP contribution is -2.44. The van der Waals surface area contributed by atoms with Gasteiger partial charge in [-0.2, -0.15) is 0 Å². The van der Waals surface area contributed by atoms with Crippen LogP contribution in [0.15, 0.2) is 29.3 Å². The van der Waals surface area contributed by atoms with Gasteiger partial charge in [0.15, 0.2) is 12.6 Å². The van der Waals surface area contributed by atoms with Gasteiger partial charge >= 0.3 is 0 Å². The fraction of sp³-hybridized carbons (Fsp3) is 0.600. The molecule has 0 saturated heterocycles. The Morgan fingerprint density at radius 1 is 1.23 bits per heavy atom. The van der Waals surface area contributed by atoms with E-state index in [1.165, 1.54) is 5.56 Å². The first kappa shape index (κ1) is 20.1. The Kier molecular flexibility index (Phi) is 7.75. The van der Waals surface area contributed by atoms with E-state index in [1.54, 1.807) is 7.05 Å². The summed E-state index contributed by atoms with van der Waals surface area (Å²) in [5.41, 5.74) is 1.21. The number of amides is 1. The van der Waals surface area contributed by atoms with Crippen molar-refractivity contribution in [3.8, 4) is 5.75 Å². The summed E-state index contributed by atoms with van der Waals surface area (Å²) in [5, 5.41) is 9.64. The summed E-state index contributed by atoms with van der Waals surface area (Å²) in [5.74, 6) is 2.05. The summed E-state index contributed by atoms with van der Waals surface area (Å²) >= 11 is 0. The molecule has 0 spiro atoms. The molecule has 2 rings (SSSR count). The van der Waals surface area contributed by atoms with E-state index in [1.807, 2.05) is 24.3 Å². The van der Waals surface area contributed by atoms with Gasteiger partial charge in [0.25, 0.3) is 5.91 Å². The summed E-state index contributed by atoms with van der Waals surface area (Å²) in [6, 6.07) is 8.62. The predicted molar refractivity (Wildman–Crippen MR) is 106 cm³/mol. The predicted octanol–water partition coefficient (Wildman–Crippen LogP) is 2.10. The molecule has 0 heterocycles. The first-order chi connectivity index (χ1) is 12.5. The molecule has 1 aromatic carbocycles. The van der Waals surface area contributed by atoms with Gasteiger partial charge in [0.1, 0.15) is 5.75 Å². The molecule has 0 aliphatic heterocycles. The van der Waals surface area contributed by atoms with Crippen molar-refractivity contribution >= 4 is 11.9 Å². The molecule has 3 N–H and O–H groups in total. The quantitative estimate of drug-likeness (QED) is 0.466. The van der Waals surface area contributed by atoms with E-state index in [-0.39, 0.29) is 12.5 Å². The maximum Gasteiger partial charge on any atom is 0.258 e. The number of guanidine groups is 1. The lowest BCUT2D eigenvalue weighted by molar-refractivity contribution is -0.123. The summed E-state index contributed by atoms with van der Waals surface area (Å²) in [6.45, 7) is 7.40. The maximum atomic E-state index is 11.6. The molecular formula is C20H32N4O2. The first-order valence-corrected chi connectivity index (χ1v) is 9.46. The van der Waals surface area contributed by atoms with E-state index in [4.69, 9.17) is 4.74 Å². The Hall–Kier alpha value is -2.24. The molecule has 6 nitrogen and oxygen atoms in total. The average Bonchev–Trinajstić information content (AvgIpc) is 3.43. The third-order valence-electron chi connectivity index (χ3n) is 4.53. The van der Waals surface area contributed by atoms with Crippen molar-refractivity contribution in [2.24, 2.45) is 10.9 Å². The van der Waals surface area contributed by atoms with Crippen molar-refractivity contribution in [2.45, 2.75) is 52.1 Å². The Bertz CT molecular complexity index is 594. The van der Waals surface area contributed by atoms with Crippen molar-refractivity contribution in [1.82, 2.24) is 16.0 Å². The molecule has 0 aromatic heterocycles. The largest absolute Gasteiger partial charge is 0.484 e. The zero-order valence-electron chi connectivity index (χ0n) is 16.3. The number of benzene rings is 1. The number of aliphatic imine (C=N–C) groups is 1. The highest BCUT2D eigenvalue weighted by molar-refractivity contribution is 5.80. The van der Waals surface area contributed by atoms with E-state index in [0.29, 0.717) is 18.0 Å². The molecule has 1 saturated carbocycles. The number of carbonyl (C=O) groups is 1. The summed E-state index contributed by atoms with van der Waals surface area (Å²) < 4.78 is 5.52. The van der Waals surface area contributed by atoms with Crippen molar-refractivity contribution < 1.29 is 9.53 Å². The summed E-state index contributed by atoms with van der Waals surface area (Å²) in [4.78, 5) is 15.9. The molecule has 0 radical (unpaired) electrons. The van der Waals surface area contributed by atoms with Gasteiger partial charge in [-0.05, 0) is 49.8 Å². The zero-order chi connectivity index (χ0) is 18.9. The molecule has 1 atom stereocenters. The fourth-order valence-corrected chi connectivity index (χ4v) is 2.30. The van der Waals surface area contributed by atoms with Gasteiger partial charge in [-0.3, -0.25) is 9.79 Å². The Labute approximate surface area is 156 Å². The van der Waals surface area contributed by atoms with E-state index in [2.05, 4.69) is 41.7 Å². The second-order valence-electron chi connectivity index (χ2n) is 7.20. The van der Waals surface area contributed by atoms with Crippen LogP contribution >= 0.6 is 0 Å². The van der Waals surface area contributed by atoms with Crippen LogP contribution < -0.4 is 20.7 Å². The van der Waals surface area contributed by atoms with Crippen LogP contribution in [-0.2, 0) is 11.2 Å². The molecule has 1 fully saturated rings. The van der Waals surface area contributed by atoms with Crippen LogP contribution in [0.1, 0.15) is 39.2 Å². The van der Waals surface area contributed by atoms with Crippen LogP contribution in [0.3, 0.4) is 0 Å². The molecule has 1 amide bonds. The standard InChI is InChI=1S/C20H32N4O2/c1-14(2)15(3)23-20(21-4)22-12-11-16-5-9-18(10-6-16)26-13-19(25)24-17-7-8-17/h5-6,9-10,14-15,17H,7-8,11-13H2,1-4H3,(H,24,25)(H2,21,22,23). The van der Waals surface area contributed by atoms with Crippen LogP contribution in [0.4, 0.5) is 0 Å². The van der Waals surface area contributed by atoms with Crippen LogP contribution in [-0.4, -0.2) is 44.1 Å². The van der Waals surface area contributed by atoms with Gasteiger partial charge in [0, 0.05) is 25.7 Å². The third-order valence-corrected chi connectivity index (χ3v) is 4.53. The minimum absolute atomic E-state index is 0.0460. The average molecular weight is 361 g/mol. The molecule has 6 heteroatoms. The van der Waals surface area contributed by atoms with E-state index in [9.17, 15) is 4.79 Å². The van der Waals surface area contributed by atoms with Gasteiger partial charge in [-0.15, -0.1) is 0 Å². The monoisotopic (exact) mass is 360 g/mol. The second kappa shape index (κ2) is 10.0. The Morgan fingerprint density at radius 2 is 1.92 bits per heavy atom. The molecular weight excluding hydrogens is 328 g/mol. The van der Waals surface area contributed by atoms with Gasteiger partial charge in [0.2, 0.25) is 0 Å². The minimum Gasteiger partial charge on any atom is -0.484 e. The first-order valence-electron chi connectivity index (χ1n) is 9.46. The zero-order valence-corrected chi connectivity index (χ0v) is 16.3. The van der Waals surface area contributed by atoms with Crippen molar-refractivity contribution in [3.63, 3.8) is 0 Å². The smallest absolute Gasteiger partial charge is 0.258 e. The number of hydrogen-bond acceptors (Lipinski definition) is 3. The maximum absolute atomic E-state index is 11.6. The second-order valence-corrected chi connectivity index (χ2v) is 7.20.